The topological polar surface area (TPSA) is 75.3 Å². The van der Waals surface area contributed by atoms with E-state index < -0.39 is 5.76 Å². The number of nitrogens with zero attached hydrogens (tertiary/aromatic N) is 1. The number of H-pyrrole nitrogens is 1. The summed E-state index contributed by atoms with van der Waals surface area (Å²) in [6.07, 6.45) is 1.97. The van der Waals surface area contributed by atoms with E-state index >= 15 is 0 Å². The third-order valence-electron chi connectivity index (χ3n) is 3.13. The Kier molecular flexibility index (Phi) is 3.84. The highest BCUT2D eigenvalue weighted by Crippen LogP contribution is 2.25. The van der Waals surface area contributed by atoms with Crippen molar-refractivity contribution in [3.8, 4) is 0 Å². The fraction of sp³-hybridized carbons (Fsp3) is 0.462. The van der Waals surface area contributed by atoms with Crippen LogP contribution in [0.5, 0.6) is 0 Å². The summed E-state index contributed by atoms with van der Waals surface area (Å²) in [7, 11) is 4.09. The van der Waals surface area contributed by atoms with E-state index in [0.717, 1.165) is 23.9 Å². The van der Waals surface area contributed by atoms with Gasteiger partial charge in [0.1, 0.15) is 0 Å². The Labute approximate surface area is 106 Å². The van der Waals surface area contributed by atoms with E-state index in [4.69, 9.17) is 10.2 Å². The maximum Gasteiger partial charge on any atom is 0.417 e. The highest BCUT2D eigenvalue weighted by atomic mass is 16.4. The van der Waals surface area contributed by atoms with Gasteiger partial charge in [-0.15, -0.1) is 0 Å². The normalized spacial score (nSPS) is 13.3. The van der Waals surface area contributed by atoms with Crippen molar-refractivity contribution in [3.05, 3.63) is 34.3 Å². The molecule has 0 spiro atoms. The summed E-state index contributed by atoms with van der Waals surface area (Å²) in [6.45, 7) is 0.690. The second-order valence-corrected chi connectivity index (χ2v) is 4.68. The van der Waals surface area contributed by atoms with Crippen LogP contribution in [0, 0.1) is 0 Å². The molecule has 0 aliphatic heterocycles. The van der Waals surface area contributed by atoms with E-state index in [1.54, 1.807) is 0 Å². The van der Waals surface area contributed by atoms with Crippen LogP contribution in [-0.4, -0.2) is 30.5 Å². The van der Waals surface area contributed by atoms with Gasteiger partial charge in [-0.25, -0.2) is 4.79 Å². The molecule has 0 saturated carbocycles. The Morgan fingerprint density at radius 1 is 1.44 bits per heavy atom. The molecular formula is C13H19N3O2. The van der Waals surface area contributed by atoms with Crippen molar-refractivity contribution in [3.63, 3.8) is 0 Å². The van der Waals surface area contributed by atoms with E-state index in [0.29, 0.717) is 18.2 Å². The molecule has 3 N–H and O–H groups in total. The number of hydrogen-bond acceptors (Lipinski definition) is 4. The molecule has 5 heteroatoms. The van der Waals surface area contributed by atoms with Crippen LogP contribution < -0.4 is 11.5 Å². The minimum Gasteiger partial charge on any atom is -0.408 e. The van der Waals surface area contributed by atoms with E-state index in [9.17, 15) is 4.79 Å². The molecule has 2 aromatic rings. The first-order valence-corrected chi connectivity index (χ1v) is 6.11. The van der Waals surface area contributed by atoms with Gasteiger partial charge in [0.25, 0.3) is 0 Å². The lowest BCUT2D eigenvalue weighted by molar-refractivity contribution is 0.280. The average molecular weight is 249 g/mol. The summed E-state index contributed by atoms with van der Waals surface area (Å²) in [5, 5.41) is 0. The van der Waals surface area contributed by atoms with Crippen LogP contribution in [0.15, 0.2) is 27.4 Å². The Morgan fingerprint density at radius 2 is 2.22 bits per heavy atom. The van der Waals surface area contributed by atoms with Crippen LogP contribution in [0.4, 0.5) is 0 Å². The van der Waals surface area contributed by atoms with Gasteiger partial charge in [0, 0.05) is 6.04 Å². The molecule has 1 heterocycles. The number of nitrogens with two attached hydrogens (primary N) is 1. The molecule has 0 saturated heterocycles. The van der Waals surface area contributed by atoms with Crippen molar-refractivity contribution in [2.75, 3.05) is 20.6 Å². The SMILES string of the molecule is CN(C)C(CCCN)c1ccc2oc(=O)[nH]c2c1. The highest BCUT2D eigenvalue weighted by Gasteiger charge is 2.14. The molecule has 1 atom stereocenters. The third-order valence-corrected chi connectivity index (χ3v) is 3.13. The van der Waals surface area contributed by atoms with Gasteiger partial charge < -0.3 is 15.1 Å². The summed E-state index contributed by atoms with van der Waals surface area (Å²) >= 11 is 0. The van der Waals surface area contributed by atoms with Crippen molar-refractivity contribution < 1.29 is 4.42 Å². The van der Waals surface area contributed by atoms with Crippen molar-refractivity contribution in [1.82, 2.24) is 9.88 Å². The molecule has 0 radical (unpaired) electrons. The van der Waals surface area contributed by atoms with E-state index in [1.165, 1.54) is 0 Å². The van der Waals surface area contributed by atoms with Gasteiger partial charge in [-0.3, -0.25) is 4.98 Å². The first-order chi connectivity index (χ1) is 8.61. The smallest absolute Gasteiger partial charge is 0.408 e. The maximum atomic E-state index is 11.1. The molecule has 1 unspecified atom stereocenters. The summed E-state index contributed by atoms with van der Waals surface area (Å²) in [4.78, 5) is 16.0. The molecule has 5 nitrogen and oxygen atoms in total. The Hall–Kier alpha value is -1.59. The van der Waals surface area contributed by atoms with Gasteiger partial charge in [0.05, 0.1) is 5.52 Å². The molecule has 1 aromatic carbocycles. The second-order valence-electron chi connectivity index (χ2n) is 4.68. The number of fused-ring (bicyclic) bond motifs is 1. The standard InChI is InChI=1S/C13H19N3O2/c1-16(2)11(4-3-7-14)9-5-6-12-10(8-9)15-13(17)18-12/h5-6,8,11H,3-4,7,14H2,1-2H3,(H,15,17). The van der Waals surface area contributed by atoms with Crippen LogP contribution in [0.2, 0.25) is 0 Å². The van der Waals surface area contributed by atoms with E-state index in [-0.39, 0.29) is 0 Å². The Bertz CT molecular complexity index is 571. The number of oxazole rings is 1. The van der Waals surface area contributed by atoms with E-state index in [1.807, 2.05) is 32.3 Å². The lowest BCUT2D eigenvalue weighted by Gasteiger charge is -2.24. The molecule has 0 amide bonds. The fourth-order valence-corrected chi connectivity index (χ4v) is 2.21. The van der Waals surface area contributed by atoms with E-state index in [2.05, 4.69) is 9.88 Å². The van der Waals surface area contributed by atoms with Crippen molar-refractivity contribution in [2.24, 2.45) is 5.73 Å². The first kappa shape index (κ1) is 12.9. The molecular weight excluding hydrogens is 230 g/mol. The largest absolute Gasteiger partial charge is 0.417 e. The molecule has 98 valence electrons. The summed E-state index contributed by atoms with van der Waals surface area (Å²) in [5.74, 6) is -0.412. The van der Waals surface area contributed by atoms with Crippen LogP contribution in [0.3, 0.4) is 0 Å². The first-order valence-electron chi connectivity index (χ1n) is 6.11. The maximum absolute atomic E-state index is 11.1. The number of nitrogens with one attached hydrogen (secondary N) is 1. The van der Waals surface area contributed by atoms with Crippen LogP contribution in [0.25, 0.3) is 11.1 Å². The van der Waals surface area contributed by atoms with Crippen molar-refractivity contribution in [1.29, 1.82) is 0 Å². The summed E-state index contributed by atoms with van der Waals surface area (Å²) < 4.78 is 5.00. The lowest BCUT2D eigenvalue weighted by atomic mass is 10.0. The van der Waals surface area contributed by atoms with Crippen molar-refractivity contribution >= 4 is 11.1 Å². The predicted molar refractivity (Wildman–Crippen MR) is 71.6 cm³/mol. The third kappa shape index (κ3) is 2.63. The van der Waals surface area contributed by atoms with Gasteiger partial charge >= 0.3 is 5.76 Å². The Morgan fingerprint density at radius 3 is 2.89 bits per heavy atom. The number of hydrogen-bond donors (Lipinski definition) is 2. The van der Waals surface area contributed by atoms with Gasteiger partial charge in [-0.2, -0.15) is 0 Å². The van der Waals surface area contributed by atoms with Crippen molar-refractivity contribution in [2.45, 2.75) is 18.9 Å². The Balaban J connectivity index is 2.34. The zero-order chi connectivity index (χ0) is 13.1. The zero-order valence-electron chi connectivity index (χ0n) is 10.8. The van der Waals surface area contributed by atoms with Crippen LogP contribution in [-0.2, 0) is 0 Å². The minimum atomic E-state index is -0.412. The molecule has 0 aliphatic carbocycles. The highest BCUT2D eigenvalue weighted by molar-refractivity contribution is 5.72. The molecule has 18 heavy (non-hydrogen) atoms. The minimum absolute atomic E-state index is 0.302. The lowest BCUT2D eigenvalue weighted by Crippen LogP contribution is -2.20. The summed E-state index contributed by atoms with van der Waals surface area (Å²) in [6, 6.07) is 6.11. The summed E-state index contributed by atoms with van der Waals surface area (Å²) in [5.41, 5.74) is 8.08. The number of benzene rings is 1. The number of rotatable bonds is 5. The molecule has 0 bridgehead atoms. The van der Waals surface area contributed by atoms with Gasteiger partial charge in [0.2, 0.25) is 0 Å². The second kappa shape index (κ2) is 5.37. The van der Waals surface area contributed by atoms with Gasteiger partial charge in [-0.1, -0.05) is 6.07 Å². The predicted octanol–water partition coefficient (Wildman–Crippen LogP) is 1.46. The van der Waals surface area contributed by atoms with Crippen LogP contribution in [0.1, 0.15) is 24.4 Å². The quantitative estimate of drug-likeness (QED) is 0.841. The monoisotopic (exact) mass is 249 g/mol. The number of aromatic amines is 1. The molecule has 0 fully saturated rings. The molecule has 0 aliphatic rings. The zero-order valence-corrected chi connectivity index (χ0v) is 10.8. The van der Waals surface area contributed by atoms with Crippen LogP contribution >= 0.6 is 0 Å². The average Bonchev–Trinajstić information content (AvgIpc) is 2.68. The number of aromatic nitrogens is 1. The van der Waals surface area contributed by atoms with Gasteiger partial charge in [-0.05, 0) is 51.2 Å². The molecule has 1 aromatic heterocycles. The fourth-order valence-electron chi connectivity index (χ4n) is 2.21. The molecule has 2 rings (SSSR count). The van der Waals surface area contributed by atoms with Gasteiger partial charge in [0.15, 0.2) is 5.58 Å².